The molecule has 0 aliphatic carbocycles. The second kappa shape index (κ2) is 4.23. The first-order valence-corrected chi connectivity index (χ1v) is 4.67. The number of halogens is 1. The van der Waals surface area contributed by atoms with E-state index in [1.165, 1.54) is 29.3 Å². The van der Waals surface area contributed by atoms with Gasteiger partial charge in [-0.25, -0.2) is 4.98 Å². The van der Waals surface area contributed by atoms with E-state index in [0.717, 1.165) is 0 Å². The van der Waals surface area contributed by atoms with Crippen LogP contribution >= 0.6 is 11.6 Å². The standard InChI is InChI=1S/C8H6ClN5O2/c9-7-4-10-6(3-11-7)5-13-2-1-8(12-13)14(15)16/h1-4H,5H2. The zero-order valence-electron chi connectivity index (χ0n) is 7.95. The predicted octanol–water partition coefficient (Wildman–Crippen LogP) is 1.28. The molecule has 0 fully saturated rings. The second-order valence-corrected chi connectivity index (χ2v) is 3.35. The van der Waals surface area contributed by atoms with Crippen LogP contribution in [0.25, 0.3) is 0 Å². The van der Waals surface area contributed by atoms with Gasteiger partial charge in [0.25, 0.3) is 0 Å². The van der Waals surface area contributed by atoms with Crippen LogP contribution in [0.3, 0.4) is 0 Å². The number of rotatable bonds is 3. The molecule has 0 aromatic carbocycles. The van der Waals surface area contributed by atoms with Gasteiger partial charge in [-0.05, 0) is 4.92 Å². The van der Waals surface area contributed by atoms with Crippen LogP contribution in [0.5, 0.6) is 0 Å². The SMILES string of the molecule is O=[N+]([O-])c1ccn(Cc2cnc(Cl)cn2)n1. The van der Waals surface area contributed by atoms with Crippen LogP contribution in [-0.2, 0) is 6.54 Å². The summed E-state index contributed by atoms with van der Waals surface area (Å²) in [5.41, 5.74) is 0.627. The van der Waals surface area contributed by atoms with Gasteiger partial charge in [0.05, 0.1) is 35.4 Å². The molecule has 82 valence electrons. The Balaban J connectivity index is 2.14. The van der Waals surface area contributed by atoms with E-state index in [9.17, 15) is 10.1 Å². The van der Waals surface area contributed by atoms with Crippen LogP contribution in [0.4, 0.5) is 5.82 Å². The van der Waals surface area contributed by atoms with Gasteiger partial charge in [0.15, 0.2) is 0 Å². The monoisotopic (exact) mass is 239 g/mol. The molecular formula is C8H6ClN5O2. The summed E-state index contributed by atoms with van der Waals surface area (Å²) >= 11 is 5.57. The second-order valence-electron chi connectivity index (χ2n) is 2.96. The summed E-state index contributed by atoms with van der Waals surface area (Å²) in [4.78, 5) is 17.7. The molecule has 0 bridgehead atoms. The van der Waals surface area contributed by atoms with Crippen molar-refractivity contribution in [3.8, 4) is 0 Å². The molecule has 2 heterocycles. The van der Waals surface area contributed by atoms with Crippen LogP contribution in [0.15, 0.2) is 24.7 Å². The topological polar surface area (TPSA) is 86.7 Å². The fraction of sp³-hybridized carbons (Fsp3) is 0.125. The van der Waals surface area contributed by atoms with Crippen LogP contribution in [0.1, 0.15) is 5.69 Å². The molecule has 0 saturated carbocycles. The van der Waals surface area contributed by atoms with Gasteiger partial charge in [-0.2, -0.15) is 4.68 Å². The lowest BCUT2D eigenvalue weighted by atomic mass is 10.4. The van der Waals surface area contributed by atoms with Crippen molar-refractivity contribution in [1.82, 2.24) is 19.7 Å². The van der Waals surface area contributed by atoms with Crippen molar-refractivity contribution >= 4 is 17.4 Å². The Morgan fingerprint density at radius 1 is 1.44 bits per heavy atom. The van der Waals surface area contributed by atoms with Gasteiger partial charge in [-0.1, -0.05) is 11.6 Å². The fourth-order valence-electron chi connectivity index (χ4n) is 1.12. The van der Waals surface area contributed by atoms with Crippen molar-refractivity contribution in [1.29, 1.82) is 0 Å². The van der Waals surface area contributed by atoms with Crippen molar-refractivity contribution in [3.05, 3.63) is 45.6 Å². The first-order chi connectivity index (χ1) is 7.65. The molecule has 0 spiro atoms. The number of aromatic nitrogens is 4. The van der Waals surface area contributed by atoms with E-state index >= 15 is 0 Å². The summed E-state index contributed by atoms with van der Waals surface area (Å²) in [6.45, 7) is 0.317. The van der Waals surface area contributed by atoms with Gasteiger partial charge in [0.2, 0.25) is 0 Å². The summed E-state index contributed by atoms with van der Waals surface area (Å²) < 4.78 is 1.41. The summed E-state index contributed by atoms with van der Waals surface area (Å²) in [6.07, 6.45) is 4.42. The number of nitrogens with zero attached hydrogens (tertiary/aromatic N) is 5. The molecule has 16 heavy (non-hydrogen) atoms. The minimum atomic E-state index is -0.552. The van der Waals surface area contributed by atoms with E-state index in [1.54, 1.807) is 0 Å². The summed E-state index contributed by atoms with van der Waals surface area (Å²) in [7, 11) is 0. The normalized spacial score (nSPS) is 10.3. The summed E-state index contributed by atoms with van der Waals surface area (Å²) in [5, 5.41) is 14.4. The average Bonchev–Trinajstić information content (AvgIpc) is 2.70. The zero-order chi connectivity index (χ0) is 11.5. The smallest absolute Gasteiger partial charge is 0.358 e. The molecule has 0 N–H and O–H groups in total. The maximum absolute atomic E-state index is 10.4. The highest BCUT2D eigenvalue weighted by Gasteiger charge is 2.11. The van der Waals surface area contributed by atoms with E-state index in [-0.39, 0.29) is 5.82 Å². The molecule has 2 aromatic rings. The highest BCUT2D eigenvalue weighted by molar-refractivity contribution is 6.29. The molecular weight excluding hydrogens is 234 g/mol. The molecule has 0 aliphatic rings. The third-order valence-electron chi connectivity index (χ3n) is 1.81. The van der Waals surface area contributed by atoms with Crippen molar-refractivity contribution in [2.75, 3.05) is 0 Å². The van der Waals surface area contributed by atoms with Crippen LogP contribution in [-0.4, -0.2) is 24.7 Å². The minimum Gasteiger partial charge on any atom is -0.358 e. The third-order valence-corrected chi connectivity index (χ3v) is 2.01. The van der Waals surface area contributed by atoms with Crippen LogP contribution in [0.2, 0.25) is 5.15 Å². The van der Waals surface area contributed by atoms with E-state index < -0.39 is 4.92 Å². The van der Waals surface area contributed by atoms with Gasteiger partial charge in [-0.15, -0.1) is 0 Å². The van der Waals surface area contributed by atoms with E-state index in [2.05, 4.69) is 15.1 Å². The molecule has 0 unspecified atom stereocenters. The Morgan fingerprint density at radius 2 is 2.25 bits per heavy atom. The summed E-state index contributed by atoms with van der Waals surface area (Å²) in [5.74, 6) is -0.193. The third kappa shape index (κ3) is 2.31. The highest BCUT2D eigenvalue weighted by atomic mass is 35.5. The lowest BCUT2D eigenvalue weighted by molar-refractivity contribution is -0.389. The van der Waals surface area contributed by atoms with Crippen LogP contribution < -0.4 is 0 Å². The average molecular weight is 240 g/mol. The van der Waals surface area contributed by atoms with Gasteiger partial charge < -0.3 is 10.1 Å². The van der Waals surface area contributed by atoms with Gasteiger partial charge in [-0.3, -0.25) is 4.98 Å². The molecule has 0 atom stereocenters. The molecule has 0 aliphatic heterocycles. The fourth-order valence-corrected chi connectivity index (χ4v) is 1.22. The number of hydrogen-bond acceptors (Lipinski definition) is 5. The lowest BCUT2D eigenvalue weighted by Gasteiger charge is -1.96. The van der Waals surface area contributed by atoms with E-state index in [0.29, 0.717) is 17.4 Å². The predicted molar refractivity (Wildman–Crippen MR) is 55.0 cm³/mol. The van der Waals surface area contributed by atoms with Crippen molar-refractivity contribution < 1.29 is 4.92 Å². The Morgan fingerprint density at radius 3 is 2.81 bits per heavy atom. The first-order valence-electron chi connectivity index (χ1n) is 4.29. The van der Waals surface area contributed by atoms with Crippen molar-refractivity contribution in [3.63, 3.8) is 0 Å². The number of hydrogen-bond donors (Lipinski definition) is 0. The maximum atomic E-state index is 10.4. The molecule has 2 aromatic heterocycles. The quantitative estimate of drug-likeness (QED) is 0.595. The van der Waals surface area contributed by atoms with E-state index in [1.807, 2.05) is 0 Å². The number of nitro groups is 1. The van der Waals surface area contributed by atoms with E-state index in [4.69, 9.17) is 11.6 Å². The molecule has 0 saturated heterocycles. The summed E-state index contributed by atoms with van der Waals surface area (Å²) in [6, 6.07) is 1.32. The molecule has 2 rings (SSSR count). The zero-order valence-corrected chi connectivity index (χ0v) is 8.70. The largest absolute Gasteiger partial charge is 0.389 e. The lowest BCUT2D eigenvalue weighted by Crippen LogP contribution is -2.03. The molecule has 0 radical (unpaired) electrons. The first kappa shape index (κ1) is 10.5. The Hall–Kier alpha value is -2.02. The van der Waals surface area contributed by atoms with Crippen molar-refractivity contribution in [2.24, 2.45) is 0 Å². The Bertz CT molecular complexity index is 509. The van der Waals surface area contributed by atoms with Crippen molar-refractivity contribution in [2.45, 2.75) is 6.54 Å². The molecule has 8 heteroatoms. The Labute approximate surface area is 94.9 Å². The molecule has 0 amide bonds. The van der Waals surface area contributed by atoms with Crippen LogP contribution in [0, 0.1) is 10.1 Å². The van der Waals surface area contributed by atoms with Gasteiger partial charge >= 0.3 is 5.82 Å². The van der Waals surface area contributed by atoms with Gasteiger partial charge in [0.1, 0.15) is 11.7 Å². The Kier molecular flexibility index (Phi) is 2.78. The minimum absolute atomic E-state index is 0.193. The molecule has 7 nitrogen and oxygen atoms in total. The highest BCUT2D eigenvalue weighted by Crippen LogP contribution is 2.07. The maximum Gasteiger partial charge on any atom is 0.389 e. The van der Waals surface area contributed by atoms with Gasteiger partial charge in [0, 0.05) is 0 Å².